The van der Waals surface area contributed by atoms with Crippen molar-refractivity contribution in [3.05, 3.63) is 72.2 Å². The zero-order valence-electron chi connectivity index (χ0n) is 14.8. The molecule has 1 aliphatic rings. The van der Waals surface area contributed by atoms with Gasteiger partial charge in [-0.05, 0) is 62.2 Å². The van der Waals surface area contributed by atoms with Gasteiger partial charge in [-0.2, -0.15) is 0 Å². The van der Waals surface area contributed by atoms with Crippen LogP contribution in [0.3, 0.4) is 0 Å². The van der Waals surface area contributed by atoms with Gasteiger partial charge in [0.05, 0.1) is 5.52 Å². The predicted octanol–water partition coefficient (Wildman–Crippen LogP) is 5.17. The van der Waals surface area contributed by atoms with Gasteiger partial charge >= 0.3 is 0 Å². The highest BCUT2D eigenvalue weighted by Crippen LogP contribution is 2.34. The summed E-state index contributed by atoms with van der Waals surface area (Å²) in [5, 5.41) is 1.87. The summed E-state index contributed by atoms with van der Waals surface area (Å²) in [6, 6.07) is 17.5. The lowest BCUT2D eigenvalue weighted by Gasteiger charge is -2.31. The van der Waals surface area contributed by atoms with Crippen molar-refractivity contribution in [2.45, 2.75) is 29.4 Å². The molecule has 0 N–H and O–H groups in total. The number of rotatable bonds is 5. The molecule has 1 fully saturated rings. The summed E-state index contributed by atoms with van der Waals surface area (Å²) in [5.74, 6) is -0.158. The van der Waals surface area contributed by atoms with E-state index < -0.39 is 0 Å². The Bertz CT molecular complexity index is 852. The van der Waals surface area contributed by atoms with Gasteiger partial charge in [0.25, 0.3) is 0 Å². The maximum Gasteiger partial charge on any atom is 0.123 e. The Morgan fingerprint density at radius 2 is 1.77 bits per heavy atom. The third-order valence-electron chi connectivity index (χ3n) is 5.05. The molecule has 26 heavy (non-hydrogen) atoms. The predicted molar refractivity (Wildman–Crippen MR) is 107 cm³/mol. The van der Waals surface area contributed by atoms with E-state index in [1.165, 1.54) is 28.7 Å². The largest absolute Gasteiger partial charge is 0.303 e. The number of aromatic nitrogens is 1. The summed E-state index contributed by atoms with van der Waals surface area (Å²) in [4.78, 5) is 8.40. The Morgan fingerprint density at radius 1 is 1.00 bits per heavy atom. The lowest BCUT2D eigenvalue weighted by Crippen LogP contribution is -2.36. The maximum atomic E-state index is 13.0. The molecular formula is C22H23FN2S. The molecule has 0 amide bonds. The number of hydrogen-bond acceptors (Lipinski definition) is 3. The van der Waals surface area contributed by atoms with Crippen molar-refractivity contribution >= 4 is 22.7 Å². The Balaban J connectivity index is 1.30. The van der Waals surface area contributed by atoms with Gasteiger partial charge in [0.2, 0.25) is 0 Å². The van der Waals surface area contributed by atoms with Crippen LogP contribution in [0.4, 0.5) is 4.39 Å². The van der Waals surface area contributed by atoms with Crippen molar-refractivity contribution in [1.29, 1.82) is 0 Å². The van der Waals surface area contributed by atoms with Crippen LogP contribution in [-0.4, -0.2) is 34.8 Å². The van der Waals surface area contributed by atoms with Crippen molar-refractivity contribution in [3.8, 4) is 0 Å². The van der Waals surface area contributed by atoms with Crippen molar-refractivity contribution in [2.75, 3.05) is 19.6 Å². The molecule has 134 valence electrons. The number of fused-ring (bicyclic) bond motifs is 1. The molecule has 4 heteroatoms. The lowest BCUT2D eigenvalue weighted by atomic mass is 10.1. The van der Waals surface area contributed by atoms with Crippen LogP contribution in [0.2, 0.25) is 0 Å². The first-order chi connectivity index (χ1) is 12.8. The minimum Gasteiger partial charge on any atom is -0.303 e. The third-order valence-corrected chi connectivity index (χ3v) is 6.44. The summed E-state index contributed by atoms with van der Waals surface area (Å²) in [7, 11) is 0. The fourth-order valence-corrected chi connectivity index (χ4v) is 4.78. The molecule has 2 aromatic carbocycles. The van der Waals surface area contributed by atoms with Crippen LogP contribution in [0, 0.1) is 5.82 Å². The maximum absolute atomic E-state index is 13.0. The molecule has 2 heterocycles. The summed E-state index contributed by atoms with van der Waals surface area (Å²) < 4.78 is 13.0. The number of hydrogen-bond donors (Lipinski definition) is 0. The standard InChI is InChI=1S/C22H23FN2S/c23-19-8-6-17(7-9-19)10-14-25-15-11-20(12-16-25)26-21-5-1-3-18-4-2-13-24-22(18)21/h1-9,13,20H,10-12,14-16H2. The van der Waals surface area contributed by atoms with Crippen LogP contribution in [0.5, 0.6) is 0 Å². The van der Waals surface area contributed by atoms with Crippen LogP contribution < -0.4 is 0 Å². The average Bonchev–Trinajstić information content (AvgIpc) is 2.69. The van der Waals surface area contributed by atoms with E-state index in [9.17, 15) is 4.39 Å². The van der Waals surface area contributed by atoms with Crippen LogP contribution >= 0.6 is 11.8 Å². The van der Waals surface area contributed by atoms with E-state index in [0.29, 0.717) is 5.25 Å². The molecule has 0 bridgehead atoms. The molecule has 1 saturated heterocycles. The molecule has 3 aromatic rings. The fourth-order valence-electron chi connectivity index (χ4n) is 3.54. The summed E-state index contributed by atoms with van der Waals surface area (Å²) in [6.07, 6.45) is 5.28. The molecule has 0 atom stereocenters. The second-order valence-corrected chi connectivity index (χ2v) is 8.21. The van der Waals surface area contributed by atoms with Gasteiger partial charge in [0.15, 0.2) is 0 Å². The highest BCUT2D eigenvalue weighted by Gasteiger charge is 2.20. The summed E-state index contributed by atoms with van der Waals surface area (Å²) in [5.41, 5.74) is 2.34. The van der Waals surface area contributed by atoms with Crippen molar-refractivity contribution < 1.29 is 4.39 Å². The van der Waals surface area contributed by atoms with E-state index in [1.807, 2.05) is 36.2 Å². The van der Waals surface area contributed by atoms with Gasteiger partial charge in [-0.1, -0.05) is 30.3 Å². The van der Waals surface area contributed by atoms with E-state index in [2.05, 4.69) is 34.1 Å². The first kappa shape index (κ1) is 17.5. The molecule has 4 rings (SSSR count). The van der Waals surface area contributed by atoms with Gasteiger partial charge in [0.1, 0.15) is 5.82 Å². The number of thioether (sulfide) groups is 1. The van der Waals surface area contributed by atoms with Crippen molar-refractivity contribution in [3.63, 3.8) is 0 Å². The zero-order chi connectivity index (χ0) is 17.8. The first-order valence-electron chi connectivity index (χ1n) is 9.25. The Labute approximate surface area is 158 Å². The van der Waals surface area contributed by atoms with Crippen LogP contribution in [0.1, 0.15) is 18.4 Å². The van der Waals surface area contributed by atoms with Crippen molar-refractivity contribution in [1.82, 2.24) is 9.88 Å². The molecule has 0 aliphatic carbocycles. The second-order valence-electron chi connectivity index (χ2n) is 6.87. The van der Waals surface area contributed by atoms with Crippen LogP contribution in [0.15, 0.2) is 65.7 Å². The minimum atomic E-state index is -0.158. The van der Waals surface area contributed by atoms with Gasteiger partial charge in [0, 0.05) is 28.3 Å². The van der Waals surface area contributed by atoms with Crippen LogP contribution in [-0.2, 0) is 6.42 Å². The SMILES string of the molecule is Fc1ccc(CCN2CCC(Sc3cccc4cccnc34)CC2)cc1. The molecule has 0 spiro atoms. The zero-order valence-corrected chi connectivity index (χ0v) is 15.6. The number of pyridine rings is 1. The number of benzene rings is 2. The molecular weight excluding hydrogens is 343 g/mol. The molecule has 2 nitrogen and oxygen atoms in total. The Kier molecular flexibility index (Phi) is 5.51. The number of likely N-dealkylation sites (tertiary alicyclic amines) is 1. The number of nitrogens with zero attached hydrogens (tertiary/aromatic N) is 2. The van der Waals surface area contributed by atoms with E-state index in [1.54, 1.807) is 12.1 Å². The molecule has 0 saturated carbocycles. The Morgan fingerprint density at radius 3 is 2.58 bits per heavy atom. The van der Waals surface area contributed by atoms with E-state index >= 15 is 0 Å². The van der Waals surface area contributed by atoms with Crippen LogP contribution in [0.25, 0.3) is 10.9 Å². The van der Waals surface area contributed by atoms with Gasteiger partial charge < -0.3 is 4.90 Å². The molecule has 0 unspecified atom stereocenters. The average molecular weight is 367 g/mol. The second kappa shape index (κ2) is 8.19. The first-order valence-corrected chi connectivity index (χ1v) is 10.1. The van der Waals surface area contributed by atoms with Gasteiger partial charge in [-0.25, -0.2) is 4.39 Å². The minimum absolute atomic E-state index is 0.158. The number of halogens is 1. The monoisotopic (exact) mass is 366 g/mol. The highest BCUT2D eigenvalue weighted by molar-refractivity contribution is 8.00. The molecule has 1 aromatic heterocycles. The molecule has 0 radical (unpaired) electrons. The Hall–Kier alpha value is -1.91. The van der Waals surface area contributed by atoms with E-state index in [4.69, 9.17) is 0 Å². The van der Waals surface area contributed by atoms with E-state index in [-0.39, 0.29) is 5.82 Å². The lowest BCUT2D eigenvalue weighted by molar-refractivity contribution is 0.235. The number of para-hydroxylation sites is 1. The summed E-state index contributed by atoms with van der Waals surface area (Å²) in [6.45, 7) is 3.33. The normalized spacial score (nSPS) is 16.2. The van der Waals surface area contributed by atoms with Crippen molar-refractivity contribution in [2.24, 2.45) is 0 Å². The van der Waals surface area contributed by atoms with Gasteiger partial charge in [-0.3, -0.25) is 4.98 Å². The summed E-state index contributed by atoms with van der Waals surface area (Å²) >= 11 is 1.98. The van der Waals surface area contributed by atoms with Gasteiger partial charge in [-0.15, -0.1) is 11.8 Å². The van der Waals surface area contributed by atoms with E-state index in [0.717, 1.165) is 31.6 Å². The fraction of sp³-hybridized carbons (Fsp3) is 0.318. The molecule has 1 aliphatic heterocycles. The third kappa shape index (κ3) is 4.25. The quantitative estimate of drug-likeness (QED) is 0.619. The smallest absolute Gasteiger partial charge is 0.123 e. The topological polar surface area (TPSA) is 16.1 Å². The number of piperidine rings is 1. The highest BCUT2D eigenvalue weighted by atomic mass is 32.2.